The standard InChI is InChI=1S/C18H17NO3/c1-2-9-20-18-8-5-14-13(4-6-15(14)19-18)12-3-7-16-17(10-12)22-11-21-16/h3-8,10,19H,2,9,11H2,1H3. The van der Waals surface area contributed by atoms with Gasteiger partial charge in [0.2, 0.25) is 6.79 Å². The Labute approximate surface area is 129 Å². The fourth-order valence-electron chi connectivity index (χ4n) is 2.73. The molecule has 0 spiro atoms. The van der Waals surface area contributed by atoms with E-state index in [0.29, 0.717) is 6.79 Å². The summed E-state index contributed by atoms with van der Waals surface area (Å²) < 4.78 is 16.5. The summed E-state index contributed by atoms with van der Waals surface area (Å²) in [5.74, 6) is 2.41. The van der Waals surface area contributed by atoms with E-state index in [9.17, 15) is 0 Å². The van der Waals surface area contributed by atoms with Gasteiger partial charge in [-0.05, 0) is 47.9 Å². The highest BCUT2D eigenvalue weighted by Crippen LogP contribution is 2.40. The van der Waals surface area contributed by atoms with Gasteiger partial charge in [-0.3, -0.25) is 0 Å². The Morgan fingerprint density at radius 3 is 2.77 bits per heavy atom. The lowest BCUT2D eigenvalue weighted by atomic mass is 10.0. The van der Waals surface area contributed by atoms with E-state index in [4.69, 9.17) is 14.2 Å². The van der Waals surface area contributed by atoms with Gasteiger partial charge in [0.15, 0.2) is 17.4 Å². The second-order valence-electron chi connectivity index (χ2n) is 5.31. The van der Waals surface area contributed by atoms with E-state index in [-0.39, 0.29) is 0 Å². The maximum absolute atomic E-state index is 5.65. The van der Waals surface area contributed by atoms with Gasteiger partial charge < -0.3 is 19.2 Å². The molecule has 4 heteroatoms. The third-order valence-corrected chi connectivity index (χ3v) is 3.80. The molecule has 112 valence electrons. The molecule has 0 atom stereocenters. The molecule has 0 fully saturated rings. The molecule has 1 aliphatic carbocycles. The van der Waals surface area contributed by atoms with Crippen molar-refractivity contribution in [3.63, 3.8) is 0 Å². The first kappa shape index (κ1) is 13.1. The van der Waals surface area contributed by atoms with Crippen LogP contribution in [0.3, 0.4) is 0 Å². The summed E-state index contributed by atoms with van der Waals surface area (Å²) >= 11 is 0. The Morgan fingerprint density at radius 2 is 1.86 bits per heavy atom. The van der Waals surface area contributed by atoms with Gasteiger partial charge in [-0.15, -0.1) is 0 Å². The van der Waals surface area contributed by atoms with E-state index in [1.54, 1.807) is 0 Å². The van der Waals surface area contributed by atoms with Crippen LogP contribution in [0.5, 0.6) is 17.4 Å². The molecule has 1 N–H and O–H groups in total. The van der Waals surface area contributed by atoms with Gasteiger partial charge >= 0.3 is 0 Å². The molecule has 0 aromatic heterocycles. The minimum Gasteiger partial charge on any atom is -0.479 e. The average Bonchev–Trinajstić information content (AvgIpc) is 3.18. The van der Waals surface area contributed by atoms with Gasteiger partial charge in [0, 0.05) is 11.3 Å². The van der Waals surface area contributed by atoms with Crippen LogP contribution in [-0.2, 0) is 0 Å². The second-order valence-corrected chi connectivity index (χ2v) is 5.31. The van der Waals surface area contributed by atoms with E-state index in [2.05, 4.69) is 36.2 Å². The van der Waals surface area contributed by atoms with Crippen LogP contribution < -0.4 is 14.2 Å². The summed E-state index contributed by atoms with van der Waals surface area (Å²) in [5, 5.41) is 0. The third-order valence-electron chi connectivity index (χ3n) is 3.80. The number of benzene rings is 1. The quantitative estimate of drug-likeness (QED) is 0.780. The molecule has 3 aliphatic rings. The van der Waals surface area contributed by atoms with Gasteiger partial charge in [0.1, 0.15) is 0 Å². The van der Waals surface area contributed by atoms with E-state index in [1.165, 1.54) is 11.1 Å². The molecule has 0 radical (unpaired) electrons. The molecule has 1 aromatic rings. The van der Waals surface area contributed by atoms with Gasteiger partial charge in [-0.1, -0.05) is 19.1 Å². The zero-order chi connectivity index (χ0) is 14.9. The number of H-pyrrole nitrogens is 1. The van der Waals surface area contributed by atoms with Crippen molar-refractivity contribution in [3.8, 4) is 39.8 Å². The molecule has 0 saturated heterocycles. The highest BCUT2D eigenvalue weighted by Gasteiger charge is 2.17. The predicted octanol–water partition coefficient (Wildman–Crippen LogP) is 4.30. The van der Waals surface area contributed by atoms with Crippen molar-refractivity contribution in [1.29, 1.82) is 0 Å². The minimum atomic E-state index is 0.298. The van der Waals surface area contributed by atoms with Crippen molar-refractivity contribution in [2.45, 2.75) is 13.3 Å². The van der Waals surface area contributed by atoms with Crippen LogP contribution >= 0.6 is 0 Å². The number of aromatic amines is 1. The summed E-state index contributed by atoms with van der Waals surface area (Å²) in [6, 6.07) is 14.3. The molecule has 2 aliphatic heterocycles. The summed E-state index contributed by atoms with van der Waals surface area (Å²) in [6.07, 6.45) is 0.995. The number of hydrogen-bond acceptors (Lipinski definition) is 3. The first-order valence-corrected chi connectivity index (χ1v) is 7.49. The van der Waals surface area contributed by atoms with Crippen molar-refractivity contribution >= 4 is 0 Å². The Bertz CT molecular complexity index is 778. The van der Waals surface area contributed by atoms with Crippen LogP contribution in [-0.4, -0.2) is 18.4 Å². The van der Waals surface area contributed by atoms with E-state index < -0.39 is 0 Å². The Hall–Kier alpha value is -2.62. The number of hydrogen-bond donors (Lipinski definition) is 1. The van der Waals surface area contributed by atoms with Gasteiger partial charge in [-0.2, -0.15) is 0 Å². The normalized spacial score (nSPS) is 12.8. The zero-order valence-electron chi connectivity index (χ0n) is 12.4. The van der Waals surface area contributed by atoms with Crippen molar-refractivity contribution < 1.29 is 14.2 Å². The first-order valence-electron chi connectivity index (χ1n) is 7.49. The summed E-state index contributed by atoms with van der Waals surface area (Å²) in [4.78, 5) is 3.33. The molecule has 22 heavy (non-hydrogen) atoms. The second kappa shape index (κ2) is 5.30. The van der Waals surface area contributed by atoms with Crippen molar-refractivity contribution in [2.75, 3.05) is 13.4 Å². The third kappa shape index (κ3) is 2.17. The van der Waals surface area contributed by atoms with Crippen LogP contribution in [0.4, 0.5) is 0 Å². The summed E-state index contributed by atoms with van der Waals surface area (Å²) in [5.41, 5.74) is 4.53. The molecule has 0 unspecified atom stereocenters. The first-order chi connectivity index (χ1) is 10.8. The fourth-order valence-corrected chi connectivity index (χ4v) is 2.73. The summed E-state index contributed by atoms with van der Waals surface area (Å²) in [7, 11) is 0. The Balaban J connectivity index is 1.70. The molecule has 0 amide bonds. The van der Waals surface area contributed by atoms with Crippen molar-refractivity contribution in [3.05, 3.63) is 42.5 Å². The van der Waals surface area contributed by atoms with Crippen LogP contribution in [0.25, 0.3) is 22.4 Å². The molecule has 4 nitrogen and oxygen atoms in total. The predicted molar refractivity (Wildman–Crippen MR) is 84.8 cm³/mol. The van der Waals surface area contributed by atoms with Gasteiger partial charge in [0.25, 0.3) is 0 Å². The molecule has 0 saturated carbocycles. The molecular formula is C18H17NO3. The van der Waals surface area contributed by atoms with Crippen LogP contribution in [0, 0.1) is 0 Å². The van der Waals surface area contributed by atoms with Crippen molar-refractivity contribution in [2.24, 2.45) is 0 Å². The SMILES string of the molecule is CCCOc1ccc2c(-c3ccc4c(c3)OCO4)ccc-2[nH]1. The monoisotopic (exact) mass is 295 g/mol. The number of pyridine rings is 1. The topological polar surface area (TPSA) is 43.5 Å². The van der Waals surface area contributed by atoms with E-state index in [0.717, 1.165) is 41.7 Å². The number of aromatic nitrogens is 1. The minimum absolute atomic E-state index is 0.298. The Kier molecular flexibility index (Phi) is 3.15. The molecular weight excluding hydrogens is 278 g/mol. The fraction of sp³-hybridized carbons (Fsp3) is 0.222. The molecule has 0 bridgehead atoms. The number of ether oxygens (including phenoxy) is 3. The lowest BCUT2D eigenvalue weighted by Gasteiger charge is -2.09. The number of rotatable bonds is 4. The average molecular weight is 295 g/mol. The molecule has 4 rings (SSSR count). The highest BCUT2D eigenvalue weighted by molar-refractivity contribution is 5.86. The lowest BCUT2D eigenvalue weighted by molar-refractivity contribution is 0.174. The molecule has 2 heterocycles. The van der Waals surface area contributed by atoms with E-state index >= 15 is 0 Å². The van der Waals surface area contributed by atoms with Crippen LogP contribution in [0.2, 0.25) is 0 Å². The zero-order valence-corrected chi connectivity index (χ0v) is 12.4. The Morgan fingerprint density at radius 1 is 1.00 bits per heavy atom. The van der Waals surface area contributed by atoms with E-state index in [1.807, 2.05) is 18.2 Å². The van der Waals surface area contributed by atoms with Gasteiger partial charge in [-0.25, -0.2) is 0 Å². The van der Waals surface area contributed by atoms with Crippen LogP contribution in [0.15, 0.2) is 42.5 Å². The number of fused-ring (bicyclic) bond motifs is 2. The summed E-state index contributed by atoms with van der Waals surface area (Å²) in [6.45, 7) is 3.11. The van der Waals surface area contributed by atoms with Crippen LogP contribution in [0.1, 0.15) is 13.3 Å². The van der Waals surface area contributed by atoms with Crippen molar-refractivity contribution in [1.82, 2.24) is 4.98 Å². The van der Waals surface area contributed by atoms with Gasteiger partial charge in [0.05, 0.1) is 6.61 Å². The number of nitrogens with one attached hydrogen (secondary N) is 1. The maximum Gasteiger partial charge on any atom is 0.231 e. The smallest absolute Gasteiger partial charge is 0.231 e. The maximum atomic E-state index is 5.65. The molecule has 1 aromatic carbocycles. The largest absolute Gasteiger partial charge is 0.479 e. The lowest BCUT2D eigenvalue weighted by Crippen LogP contribution is -1.97. The highest BCUT2D eigenvalue weighted by atomic mass is 16.7.